The minimum Gasteiger partial charge on any atom is -0.454 e. The standard InChI is InChI=1S/C18H14N6O6S/c19-18(31)23-22-14(16(25)8-1-4-12-13(5-8)30-7-29-12)15-17(26)21-11-6-9(24(27)28)2-3-10(11)20-15/h1-6,16,25H,7H2,(H,21,26)(H3,19,23,31)/b22-14+/t16-/m0/s1. The zero-order chi connectivity index (χ0) is 22.1. The van der Waals surface area contributed by atoms with Gasteiger partial charge in [0.25, 0.3) is 11.2 Å². The Bertz CT molecular complexity index is 1310. The monoisotopic (exact) mass is 442 g/mol. The molecule has 1 atom stereocenters. The van der Waals surface area contributed by atoms with E-state index in [1.807, 2.05) is 0 Å². The first kappa shape index (κ1) is 20.2. The first-order valence-corrected chi connectivity index (χ1v) is 9.14. The smallest absolute Gasteiger partial charge is 0.276 e. The molecule has 0 bridgehead atoms. The minimum atomic E-state index is -1.42. The van der Waals surface area contributed by atoms with Crippen LogP contribution in [0.3, 0.4) is 0 Å². The number of nitrogens with one attached hydrogen (secondary N) is 2. The van der Waals surface area contributed by atoms with Gasteiger partial charge < -0.3 is 25.3 Å². The van der Waals surface area contributed by atoms with Crippen molar-refractivity contribution in [3.8, 4) is 11.5 Å². The maximum absolute atomic E-state index is 12.7. The molecule has 5 N–H and O–H groups in total. The van der Waals surface area contributed by atoms with Crippen LogP contribution in [0.5, 0.6) is 11.5 Å². The molecule has 0 amide bonds. The van der Waals surface area contributed by atoms with Crippen LogP contribution in [0.4, 0.5) is 5.69 Å². The lowest BCUT2D eigenvalue weighted by molar-refractivity contribution is -0.384. The van der Waals surface area contributed by atoms with E-state index in [4.69, 9.17) is 27.4 Å². The number of aliphatic hydroxyl groups is 1. The summed E-state index contributed by atoms with van der Waals surface area (Å²) in [6, 6.07) is 8.53. The average molecular weight is 442 g/mol. The van der Waals surface area contributed by atoms with Crippen molar-refractivity contribution in [3.05, 3.63) is 68.1 Å². The van der Waals surface area contributed by atoms with Crippen molar-refractivity contribution in [2.75, 3.05) is 6.79 Å². The summed E-state index contributed by atoms with van der Waals surface area (Å²) in [7, 11) is 0. The molecule has 1 aliphatic rings. The topological polar surface area (TPSA) is 178 Å². The average Bonchev–Trinajstić information content (AvgIpc) is 3.21. The number of nitro groups is 1. The van der Waals surface area contributed by atoms with Crippen LogP contribution in [-0.4, -0.2) is 37.6 Å². The molecular weight excluding hydrogens is 428 g/mol. The van der Waals surface area contributed by atoms with Crippen LogP contribution in [0.1, 0.15) is 17.4 Å². The fourth-order valence-corrected chi connectivity index (χ4v) is 3.01. The first-order chi connectivity index (χ1) is 14.8. The molecule has 13 heteroatoms. The Morgan fingerprint density at radius 1 is 1.32 bits per heavy atom. The van der Waals surface area contributed by atoms with Gasteiger partial charge in [-0.1, -0.05) is 6.07 Å². The molecule has 1 aromatic heterocycles. The third-order valence-electron chi connectivity index (χ3n) is 4.39. The van der Waals surface area contributed by atoms with E-state index in [0.717, 1.165) is 0 Å². The fourth-order valence-electron chi connectivity index (χ4n) is 2.96. The van der Waals surface area contributed by atoms with E-state index in [-0.39, 0.29) is 40.0 Å². The van der Waals surface area contributed by atoms with Crippen molar-refractivity contribution in [2.45, 2.75) is 6.10 Å². The van der Waals surface area contributed by atoms with Gasteiger partial charge in [0.05, 0.1) is 16.0 Å². The van der Waals surface area contributed by atoms with Crippen molar-refractivity contribution in [3.63, 3.8) is 0 Å². The van der Waals surface area contributed by atoms with E-state index in [2.05, 4.69) is 20.5 Å². The molecule has 2 aromatic carbocycles. The van der Waals surface area contributed by atoms with Crippen molar-refractivity contribution < 1.29 is 19.5 Å². The Hall–Kier alpha value is -4.10. The van der Waals surface area contributed by atoms with Gasteiger partial charge in [-0.3, -0.25) is 20.3 Å². The number of hydrogen-bond acceptors (Lipinski definition) is 9. The molecule has 1 aliphatic heterocycles. The number of aromatic amines is 1. The third-order valence-corrected chi connectivity index (χ3v) is 4.48. The molecule has 0 saturated heterocycles. The predicted molar refractivity (Wildman–Crippen MR) is 113 cm³/mol. The van der Waals surface area contributed by atoms with Crippen LogP contribution in [0.25, 0.3) is 11.0 Å². The highest BCUT2D eigenvalue weighted by molar-refractivity contribution is 7.80. The van der Waals surface area contributed by atoms with Gasteiger partial charge >= 0.3 is 0 Å². The molecule has 158 valence electrons. The number of hydrogen-bond donors (Lipinski definition) is 4. The second-order valence-corrected chi connectivity index (χ2v) is 6.80. The van der Waals surface area contributed by atoms with Gasteiger partial charge in [-0.15, -0.1) is 0 Å². The van der Waals surface area contributed by atoms with E-state index < -0.39 is 16.6 Å². The molecule has 4 rings (SSSR count). The number of benzene rings is 2. The number of nitrogens with two attached hydrogens (primary N) is 1. The molecular formula is C18H14N6O6S. The summed E-state index contributed by atoms with van der Waals surface area (Å²) in [5, 5.41) is 25.7. The lowest BCUT2D eigenvalue weighted by atomic mass is 10.0. The highest BCUT2D eigenvalue weighted by Crippen LogP contribution is 2.34. The number of fused-ring (bicyclic) bond motifs is 2. The van der Waals surface area contributed by atoms with Gasteiger partial charge in [0.2, 0.25) is 6.79 Å². The number of aromatic nitrogens is 2. The number of H-pyrrole nitrogens is 1. The zero-order valence-electron chi connectivity index (χ0n) is 15.6. The van der Waals surface area contributed by atoms with Gasteiger partial charge in [0, 0.05) is 12.1 Å². The predicted octanol–water partition coefficient (Wildman–Crippen LogP) is 0.831. The summed E-state index contributed by atoms with van der Waals surface area (Å²) >= 11 is 4.75. The maximum Gasteiger partial charge on any atom is 0.276 e. The second-order valence-electron chi connectivity index (χ2n) is 6.36. The Morgan fingerprint density at radius 2 is 2.10 bits per heavy atom. The molecule has 12 nitrogen and oxygen atoms in total. The third kappa shape index (κ3) is 3.99. The fraction of sp³-hybridized carbons (Fsp3) is 0.111. The van der Waals surface area contributed by atoms with Crippen LogP contribution in [0, 0.1) is 10.1 Å². The van der Waals surface area contributed by atoms with Crippen LogP contribution in [0.2, 0.25) is 0 Å². The Balaban J connectivity index is 1.81. The van der Waals surface area contributed by atoms with Gasteiger partial charge in [0.1, 0.15) is 11.8 Å². The maximum atomic E-state index is 12.7. The molecule has 0 aliphatic carbocycles. The van der Waals surface area contributed by atoms with Crippen molar-refractivity contribution in [1.82, 2.24) is 15.4 Å². The molecule has 0 saturated carbocycles. The number of nitro benzene ring substituents is 1. The number of hydrazone groups is 1. The molecule has 0 spiro atoms. The summed E-state index contributed by atoms with van der Waals surface area (Å²) in [5.74, 6) is 0.935. The van der Waals surface area contributed by atoms with Crippen LogP contribution in [-0.2, 0) is 0 Å². The summed E-state index contributed by atoms with van der Waals surface area (Å²) in [6.45, 7) is 0.0524. The van der Waals surface area contributed by atoms with Crippen molar-refractivity contribution >= 4 is 39.8 Å². The molecule has 0 radical (unpaired) electrons. The normalized spacial score (nSPS) is 13.8. The molecule has 31 heavy (non-hydrogen) atoms. The molecule has 0 fully saturated rings. The van der Waals surface area contributed by atoms with Crippen LogP contribution >= 0.6 is 12.2 Å². The molecule has 3 aromatic rings. The second kappa shape index (κ2) is 7.97. The lowest BCUT2D eigenvalue weighted by Gasteiger charge is -2.14. The SMILES string of the molecule is NC(=S)N/N=C(\c1nc2ccc([N+](=O)[O-])cc2[nH]c1=O)[C@@H](O)c1ccc2c(c1)OCO2. The van der Waals surface area contributed by atoms with E-state index in [1.54, 1.807) is 18.2 Å². The van der Waals surface area contributed by atoms with Gasteiger partial charge in [-0.2, -0.15) is 5.10 Å². The van der Waals surface area contributed by atoms with Crippen LogP contribution in [0.15, 0.2) is 46.3 Å². The van der Waals surface area contributed by atoms with E-state index in [9.17, 15) is 20.0 Å². The van der Waals surface area contributed by atoms with E-state index in [0.29, 0.717) is 17.1 Å². The summed E-state index contributed by atoms with van der Waals surface area (Å²) in [4.78, 5) is 29.8. The lowest BCUT2D eigenvalue weighted by Crippen LogP contribution is -2.31. The largest absolute Gasteiger partial charge is 0.454 e. The first-order valence-electron chi connectivity index (χ1n) is 8.73. The number of aliphatic hydroxyl groups excluding tert-OH is 1. The summed E-state index contributed by atoms with van der Waals surface area (Å²) < 4.78 is 10.6. The van der Waals surface area contributed by atoms with E-state index >= 15 is 0 Å². The van der Waals surface area contributed by atoms with Crippen LogP contribution < -0.4 is 26.2 Å². The summed E-state index contributed by atoms with van der Waals surface area (Å²) in [6.07, 6.45) is -1.42. The van der Waals surface area contributed by atoms with Gasteiger partial charge in [-0.25, -0.2) is 4.98 Å². The van der Waals surface area contributed by atoms with Gasteiger partial charge in [-0.05, 0) is 36.0 Å². The van der Waals surface area contributed by atoms with Gasteiger partial charge in [0.15, 0.2) is 22.3 Å². The number of ether oxygens (including phenoxy) is 2. The highest BCUT2D eigenvalue weighted by Gasteiger charge is 2.25. The Labute approximate surface area is 178 Å². The minimum absolute atomic E-state index is 0.0524. The Morgan fingerprint density at radius 3 is 2.84 bits per heavy atom. The quantitative estimate of drug-likeness (QED) is 0.191. The van der Waals surface area contributed by atoms with E-state index in [1.165, 1.54) is 18.2 Å². The number of nitrogens with zero attached hydrogens (tertiary/aromatic N) is 3. The number of non-ortho nitro benzene ring substituents is 1. The zero-order valence-corrected chi connectivity index (χ0v) is 16.4. The molecule has 2 heterocycles. The number of rotatable bonds is 5. The van der Waals surface area contributed by atoms with Crippen molar-refractivity contribution in [1.29, 1.82) is 0 Å². The van der Waals surface area contributed by atoms with Crippen molar-refractivity contribution in [2.24, 2.45) is 10.8 Å². The highest BCUT2D eigenvalue weighted by atomic mass is 32.1. The summed E-state index contributed by atoms with van der Waals surface area (Å²) in [5.41, 5.74) is 7.19. The molecule has 0 unspecified atom stereocenters. The number of thiocarbonyl (C=S) groups is 1. The Kier molecular flexibility index (Phi) is 5.19.